The number of hydrogen-bond donors (Lipinski definition) is 3. The van der Waals surface area contributed by atoms with Crippen LogP contribution in [0, 0.1) is 0 Å². The first-order chi connectivity index (χ1) is 50.7. The van der Waals surface area contributed by atoms with Gasteiger partial charge in [-0.1, -0.05) is 253 Å². The van der Waals surface area contributed by atoms with Crippen molar-refractivity contribution < 1.29 is 80.2 Å². The summed E-state index contributed by atoms with van der Waals surface area (Å²) in [5.74, 6) is -2.49. The van der Waals surface area contributed by atoms with Crippen LogP contribution < -0.4 is 0 Å². The number of ether oxygens (including phenoxy) is 4. The van der Waals surface area contributed by atoms with Gasteiger partial charge in [0.2, 0.25) is 0 Å². The van der Waals surface area contributed by atoms with Gasteiger partial charge >= 0.3 is 39.5 Å². The quantitative estimate of drug-likeness (QED) is 0.0169. The van der Waals surface area contributed by atoms with Crippen LogP contribution in [0.15, 0.2) is 219 Å². The highest BCUT2D eigenvalue weighted by Gasteiger charge is 2.30. The number of phosphoric ester groups is 2. The molecule has 0 radical (unpaired) electrons. The summed E-state index contributed by atoms with van der Waals surface area (Å²) in [5.41, 5.74) is 0. The lowest BCUT2D eigenvalue weighted by atomic mass is 10.1. The lowest BCUT2D eigenvalue weighted by Gasteiger charge is -2.21. The summed E-state index contributed by atoms with van der Waals surface area (Å²) < 4.78 is 68.2. The largest absolute Gasteiger partial charge is 0.472 e. The van der Waals surface area contributed by atoms with Gasteiger partial charge in [-0.25, -0.2) is 9.13 Å². The number of aliphatic hydroxyl groups is 1. The van der Waals surface area contributed by atoms with Crippen molar-refractivity contribution in [1.29, 1.82) is 0 Å². The molecule has 3 N–H and O–H groups in total. The lowest BCUT2D eigenvalue weighted by Crippen LogP contribution is -2.30. The molecule has 104 heavy (non-hydrogen) atoms. The Balaban J connectivity index is 5.56. The first-order valence-electron chi connectivity index (χ1n) is 38.0. The summed E-state index contributed by atoms with van der Waals surface area (Å²) in [6, 6.07) is 0. The summed E-state index contributed by atoms with van der Waals surface area (Å²) in [6.45, 7) is 4.10. The fourth-order valence-corrected chi connectivity index (χ4v) is 10.4. The van der Waals surface area contributed by atoms with Crippen LogP contribution in [0.1, 0.15) is 233 Å². The zero-order chi connectivity index (χ0) is 76.0. The molecule has 19 heteroatoms. The van der Waals surface area contributed by atoms with Gasteiger partial charge in [0.05, 0.1) is 32.8 Å². The molecular weight excluding hydrogens is 1350 g/mol. The lowest BCUT2D eigenvalue weighted by molar-refractivity contribution is -0.161. The van der Waals surface area contributed by atoms with Gasteiger partial charge in [0.25, 0.3) is 0 Å². The fourth-order valence-electron chi connectivity index (χ4n) is 8.83. The van der Waals surface area contributed by atoms with Crippen molar-refractivity contribution in [3.63, 3.8) is 0 Å². The molecule has 0 aromatic rings. The molecule has 0 bridgehead atoms. The summed E-state index contributed by atoms with van der Waals surface area (Å²) in [5, 5.41) is 10.6. The minimum absolute atomic E-state index is 0.0116. The second-order valence-electron chi connectivity index (χ2n) is 24.1. The van der Waals surface area contributed by atoms with Crippen molar-refractivity contribution in [2.75, 3.05) is 39.6 Å². The number of allylic oxidation sites excluding steroid dienone is 35. The maximum atomic E-state index is 13.1. The number of rotatable bonds is 68. The number of carbonyl (C=O) groups is 4. The van der Waals surface area contributed by atoms with E-state index in [4.69, 9.17) is 37.0 Å². The van der Waals surface area contributed by atoms with Gasteiger partial charge in [-0.3, -0.25) is 37.3 Å². The Morgan fingerprint density at radius 2 is 0.510 bits per heavy atom. The van der Waals surface area contributed by atoms with E-state index in [0.29, 0.717) is 38.5 Å². The number of hydrogen-bond acceptors (Lipinski definition) is 15. The highest BCUT2D eigenvalue weighted by atomic mass is 31.2. The van der Waals surface area contributed by atoms with Crippen LogP contribution in [0.3, 0.4) is 0 Å². The van der Waals surface area contributed by atoms with Gasteiger partial charge in [0, 0.05) is 19.3 Å². The molecule has 0 aliphatic rings. The monoisotopic (exact) mass is 1480 g/mol. The number of carbonyl (C=O) groups excluding carboxylic acids is 4. The molecule has 0 rings (SSSR count). The van der Waals surface area contributed by atoms with Gasteiger partial charge in [-0.05, 0) is 173 Å². The van der Waals surface area contributed by atoms with E-state index in [1.165, 1.54) is 0 Å². The Morgan fingerprint density at radius 1 is 0.279 bits per heavy atom. The molecule has 582 valence electrons. The summed E-state index contributed by atoms with van der Waals surface area (Å²) in [6.07, 6.45) is 94.0. The van der Waals surface area contributed by atoms with Crippen molar-refractivity contribution in [1.82, 2.24) is 0 Å². The Morgan fingerprint density at radius 3 is 0.808 bits per heavy atom. The van der Waals surface area contributed by atoms with Crippen LogP contribution >= 0.6 is 15.6 Å². The third-order valence-corrected chi connectivity index (χ3v) is 16.4. The van der Waals surface area contributed by atoms with Crippen molar-refractivity contribution in [3.05, 3.63) is 219 Å². The molecule has 0 amide bonds. The molecule has 0 aromatic heterocycles. The maximum Gasteiger partial charge on any atom is 0.472 e. The van der Waals surface area contributed by atoms with Crippen molar-refractivity contribution >= 4 is 39.5 Å². The van der Waals surface area contributed by atoms with Gasteiger partial charge in [-0.2, -0.15) is 0 Å². The van der Waals surface area contributed by atoms with Crippen LogP contribution in [0.25, 0.3) is 0 Å². The molecule has 0 heterocycles. The minimum Gasteiger partial charge on any atom is -0.462 e. The minimum atomic E-state index is -5.02. The van der Waals surface area contributed by atoms with Crippen molar-refractivity contribution in [2.45, 2.75) is 251 Å². The Kier molecular flexibility index (Phi) is 69.9. The normalized spacial score (nSPS) is 15.1. The number of aliphatic hydroxyl groups excluding tert-OH is 1. The van der Waals surface area contributed by atoms with Crippen LogP contribution in [0.2, 0.25) is 0 Å². The van der Waals surface area contributed by atoms with E-state index >= 15 is 0 Å². The molecule has 5 unspecified atom stereocenters. The van der Waals surface area contributed by atoms with E-state index in [2.05, 4.69) is 210 Å². The molecule has 17 nitrogen and oxygen atoms in total. The summed E-state index contributed by atoms with van der Waals surface area (Å²) >= 11 is 0. The van der Waals surface area contributed by atoms with E-state index in [1.54, 1.807) is 6.08 Å². The van der Waals surface area contributed by atoms with Crippen LogP contribution in [-0.4, -0.2) is 96.7 Å². The molecule has 0 aliphatic carbocycles. The highest BCUT2D eigenvalue weighted by molar-refractivity contribution is 7.47. The summed E-state index contributed by atoms with van der Waals surface area (Å²) in [7, 11) is -10.0. The highest BCUT2D eigenvalue weighted by Crippen LogP contribution is 2.45. The average Bonchev–Trinajstić information content (AvgIpc) is 0.918. The third kappa shape index (κ3) is 73.7. The van der Waals surface area contributed by atoms with E-state index < -0.39 is 97.5 Å². The Bertz CT molecular complexity index is 2840. The molecule has 0 aliphatic heterocycles. The van der Waals surface area contributed by atoms with E-state index in [-0.39, 0.29) is 25.7 Å². The first kappa shape index (κ1) is 97.4. The standard InChI is InChI=1S/C85H130O17P2/c1-5-9-13-17-21-25-29-33-37-38-39-40-44-46-50-54-58-62-66-70-83(88)96-76-81(102-85(90)72-68-64-60-56-52-48-43-36-32-28-24-20-16-12-8-4)78-100-104(93,94)98-74-79(86)73-97-103(91,92)99-77-80(101-84(89)71-67-63-59-55-51-47-42-35-31-27-23-19-15-11-7-3)75-95-82(87)69-65-61-57-53-49-45-41-34-30-26-22-18-14-10-6-2/h9-16,21-28,33-37,39-43,46,49-53,55-56,61,65,79-81,86H,5-8,17-20,29-32,38,44-45,47-48,54,57-60,62-64,66-78H2,1-4H3,(H,91,92)(H,93,94)/b13-9-,14-10-,15-11-,16-12-,25-21-,26-22-,27-23-,28-24-,37-33-,40-39-,41-34-,42-35-,43-36-,50-46-,53-49-,55-51-,56-52-,65-61-. The zero-order valence-electron chi connectivity index (χ0n) is 63.3. The smallest absolute Gasteiger partial charge is 0.462 e. The number of esters is 4. The Hall–Kier alpha value is -6.62. The first-order valence-corrected chi connectivity index (χ1v) is 41.0. The second-order valence-corrected chi connectivity index (χ2v) is 27.0. The topological polar surface area (TPSA) is 237 Å². The second kappa shape index (κ2) is 74.6. The average molecular weight is 1490 g/mol. The fraction of sp³-hybridized carbons (Fsp3) is 0.529. The molecule has 0 spiro atoms. The van der Waals surface area contributed by atoms with Gasteiger partial charge in [0.15, 0.2) is 12.2 Å². The zero-order valence-corrected chi connectivity index (χ0v) is 65.1. The van der Waals surface area contributed by atoms with Gasteiger partial charge < -0.3 is 33.8 Å². The SMILES string of the molecule is CC/C=C\C/C=C\C/C=C\C/C=C\C/C=C\CCCCCC(=O)OCC(COP(=O)(O)OCC(O)COP(=O)(O)OCC(COC(=O)C/C=C\C/C=C\C/C=C\C/C=C\C/C=C\CC)OC(=O)CCCC/C=C\C/C=C\C/C=C\C/C=C\CC)OC(=O)CCCC/C=C\C/C=C\C/C=C\C/C=C\CC. The molecular formula is C85H130O17P2. The molecule has 0 saturated carbocycles. The van der Waals surface area contributed by atoms with Gasteiger partial charge in [0.1, 0.15) is 19.3 Å². The van der Waals surface area contributed by atoms with Crippen LogP contribution in [-0.2, 0) is 65.4 Å². The van der Waals surface area contributed by atoms with Crippen molar-refractivity contribution in [3.8, 4) is 0 Å². The van der Waals surface area contributed by atoms with Gasteiger partial charge in [-0.15, -0.1) is 0 Å². The molecule has 0 aromatic carbocycles. The van der Waals surface area contributed by atoms with Crippen molar-refractivity contribution in [2.24, 2.45) is 0 Å². The van der Waals surface area contributed by atoms with Crippen LogP contribution in [0.4, 0.5) is 0 Å². The van der Waals surface area contributed by atoms with E-state index in [1.807, 2.05) is 30.4 Å². The van der Waals surface area contributed by atoms with E-state index in [0.717, 1.165) is 141 Å². The van der Waals surface area contributed by atoms with Crippen LogP contribution in [0.5, 0.6) is 0 Å². The molecule has 0 saturated heterocycles. The molecule has 0 fully saturated rings. The molecule has 5 atom stereocenters. The number of unbranched alkanes of at least 4 members (excludes halogenated alkanes) is 7. The summed E-state index contributed by atoms with van der Waals surface area (Å²) in [4.78, 5) is 72.8. The van der Waals surface area contributed by atoms with E-state index in [9.17, 15) is 43.2 Å². The maximum absolute atomic E-state index is 13.1. The predicted octanol–water partition coefficient (Wildman–Crippen LogP) is 22.1. The predicted molar refractivity (Wildman–Crippen MR) is 426 cm³/mol. The Labute approximate surface area is 626 Å². The third-order valence-electron chi connectivity index (χ3n) is 14.5. The number of phosphoric acid groups is 2.